The number of aromatic nitrogens is 1. The normalized spacial score (nSPS) is 13.9. The van der Waals surface area contributed by atoms with Crippen LogP contribution in [-0.2, 0) is 14.8 Å². The van der Waals surface area contributed by atoms with E-state index in [9.17, 15) is 18.3 Å². The Morgan fingerprint density at radius 2 is 1.77 bits per heavy atom. The summed E-state index contributed by atoms with van der Waals surface area (Å²) in [4.78, 5) is 15.9. The fourth-order valence-electron chi connectivity index (χ4n) is 3.58. The number of rotatable bonds is 7. The number of thiophene rings is 1. The molecule has 0 fully saturated rings. The van der Waals surface area contributed by atoms with Gasteiger partial charge >= 0.3 is 5.97 Å². The summed E-state index contributed by atoms with van der Waals surface area (Å²) in [7, 11) is -4.01. The quantitative estimate of drug-likeness (QED) is 0.376. The SMILES string of the molecule is Cc1ccc(-c2ccc(S(=O)(=O)N[C@@H](C(=O)O)[C@H](C)c3c[nH]c4ccccc34)s2)cc1. The van der Waals surface area contributed by atoms with Crippen LogP contribution < -0.4 is 4.72 Å². The number of H-pyrrole nitrogens is 1. The summed E-state index contributed by atoms with van der Waals surface area (Å²) >= 11 is 1.11. The van der Waals surface area contributed by atoms with E-state index < -0.39 is 28.0 Å². The Balaban J connectivity index is 1.62. The molecule has 2 atom stereocenters. The zero-order valence-electron chi connectivity index (χ0n) is 17.0. The molecule has 3 N–H and O–H groups in total. The molecule has 2 heterocycles. The summed E-state index contributed by atoms with van der Waals surface area (Å²) in [6, 6.07) is 17.3. The third-order valence-electron chi connectivity index (χ3n) is 5.34. The molecule has 2 aromatic heterocycles. The van der Waals surface area contributed by atoms with Gasteiger partial charge in [0.1, 0.15) is 10.3 Å². The van der Waals surface area contributed by atoms with Crippen LogP contribution in [0, 0.1) is 6.92 Å². The van der Waals surface area contributed by atoms with Gasteiger partial charge in [-0.25, -0.2) is 8.42 Å². The highest BCUT2D eigenvalue weighted by Crippen LogP contribution is 2.32. The van der Waals surface area contributed by atoms with Crippen molar-refractivity contribution in [1.29, 1.82) is 0 Å². The summed E-state index contributed by atoms with van der Waals surface area (Å²) in [5, 5.41) is 10.7. The van der Waals surface area contributed by atoms with Gasteiger partial charge < -0.3 is 10.1 Å². The Hall–Kier alpha value is -2.94. The first-order valence-corrected chi connectivity index (χ1v) is 12.0. The molecular formula is C23H22N2O4S2. The Bertz CT molecular complexity index is 1340. The van der Waals surface area contributed by atoms with Gasteiger partial charge in [-0.05, 0) is 36.2 Å². The first kappa shape index (κ1) is 21.3. The summed E-state index contributed by atoms with van der Waals surface area (Å²) in [6.45, 7) is 3.70. The van der Waals surface area contributed by atoms with Crippen molar-refractivity contribution in [2.24, 2.45) is 0 Å². The van der Waals surface area contributed by atoms with Crippen LogP contribution in [0.2, 0.25) is 0 Å². The van der Waals surface area contributed by atoms with Crippen LogP contribution in [-0.4, -0.2) is 30.5 Å². The standard InChI is InChI=1S/C23H22N2O4S2/c1-14-7-9-16(10-8-14)20-11-12-21(30-20)31(28,29)25-22(23(26)27)15(2)18-13-24-19-6-4-3-5-17(18)19/h3-13,15,22,24-25H,1-2H3,(H,26,27)/t15-,22-/m1/s1. The number of aliphatic carboxylic acids is 1. The number of carboxylic acids is 1. The molecule has 31 heavy (non-hydrogen) atoms. The number of sulfonamides is 1. The predicted molar refractivity (Wildman–Crippen MR) is 123 cm³/mol. The average Bonchev–Trinajstić information content (AvgIpc) is 3.40. The maximum absolute atomic E-state index is 13.0. The number of para-hydroxylation sites is 1. The van der Waals surface area contributed by atoms with E-state index in [1.54, 1.807) is 19.2 Å². The van der Waals surface area contributed by atoms with Crippen molar-refractivity contribution >= 4 is 38.2 Å². The fourth-order valence-corrected chi connectivity index (χ4v) is 6.18. The van der Waals surface area contributed by atoms with Crippen LogP contribution in [0.15, 0.2) is 71.1 Å². The van der Waals surface area contributed by atoms with Crippen molar-refractivity contribution in [1.82, 2.24) is 9.71 Å². The van der Waals surface area contributed by atoms with Gasteiger partial charge in [0.2, 0.25) is 0 Å². The fraction of sp³-hybridized carbons (Fsp3) is 0.174. The van der Waals surface area contributed by atoms with Gasteiger partial charge in [0, 0.05) is 27.9 Å². The number of carbonyl (C=O) groups is 1. The Morgan fingerprint density at radius 1 is 1.06 bits per heavy atom. The molecule has 0 amide bonds. The number of fused-ring (bicyclic) bond motifs is 1. The van der Waals surface area contributed by atoms with E-state index in [-0.39, 0.29) is 4.21 Å². The second-order valence-electron chi connectivity index (χ2n) is 7.50. The number of hydrogen-bond acceptors (Lipinski definition) is 4. The zero-order valence-corrected chi connectivity index (χ0v) is 18.6. The van der Waals surface area contributed by atoms with Crippen molar-refractivity contribution in [3.8, 4) is 10.4 Å². The monoisotopic (exact) mass is 454 g/mol. The van der Waals surface area contributed by atoms with Crippen LogP contribution in [0.5, 0.6) is 0 Å². The molecule has 0 radical (unpaired) electrons. The van der Waals surface area contributed by atoms with Crippen molar-refractivity contribution < 1.29 is 18.3 Å². The van der Waals surface area contributed by atoms with E-state index in [1.807, 2.05) is 55.5 Å². The Morgan fingerprint density at radius 3 is 2.48 bits per heavy atom. The van der Waals surface area contributed by atoms with E-state index in [2.05, 4.69) is 9.71 Å². The predicted octanol–water partition coefficient (Wildman–Crippen LogP) is 4.74. The van der Waals surface area contributed by atoms with Gasteiger partial charge in [-0.2, -0.15) is 4.72 Å². The van der Waals surface area contributed by atoms with Crippen LogP contribution in [0.3, 0.4) is 0 Å². The zero-order chi connectivity index (χ0) is 22.2. The number of aromatic amines is 1. The second-order valence-corrected chi connectivity index (χ2v) is 10.5. The third-order valence-corrected chi connectivity index (χ3v) is 8.41. The van der Waals surface area contributed by atoms with E-state index in [4.69, 9.17) is 0 Å². The molecule has 0 saturated carbocycles. The molecule has 0 saturated heterocycles. The third kappa shape index (κ3) is 4.27. The first-order chi connectivity index (χ1) is 14.8. The van der Waals surface area contributed by atoms with Crippen molar-refractivity contribution in [2.45, 2.75) is 30.0 Å². The van der Waals surface area contributed by atoms with Gasteiger partial charge in [0.05, 0.1) is 0 Å². The molecule has 160 valence electrons. The van der Waals surface area contributed by atoms with Crippen molar-refractivity contribution in [3.05, 3.63) is 78.0 Å². The number of benzene rings is 2. The lowest BCUT2D eigenvalue weighted by Crippen LogP contribution is -2.43. The lowest BCUT2D eigenvalue weighted by Gasteiger charge is -2.21. The second kappa shape index (κ2) is 8.30. The minimum Gasteiger partial charge on any atom is -0.480 e. The maximum Gasteiger partial charge on any atom is 0.322 e. The number of carboxylic acid groups (broad SMARTS) is 1. The van der Waals surface area contributed by atoms with E-state index >= 15 is 0 Å². The van der Waals surface area contributed by atoms with Crippen LogP contribution >= 0.6 is 11.3 Å². The largest absolute Gasteiger partial charge is 0.480 e. The minimum atomic E-state index is -4.01. The maximum atomic E-state index is 13.0. The summed E-state index contributed by atoms with van der Waals surface area (Å²) in [5.41, 5.74) is 3.65. The highest BCUT2D eigenvalue weighted by atomic mass is 32.2. The van der Waals surface area contributed by atoms with Crippen LogP contribution in [0.25, 0.3) is 21.3 Å². The van der Waals surface area contributed by atoms with E-state index in [0.717, 1.165) is 43.8 Å². The lowest BCUT2D eigenvalue weighted by atomic mass is 9.93. The topological polar surface area (TPSA) is 99.3 Å². The van der Waals surface area contributed by atoms with Gasteiger partial charge in [0.25, 0.3) is 10.0 Å². The smallest absolute Gasteiger partial charge is 0.322 e. The molecular weight excluding hydrogens is 432 g/mol. The van der Waals surface area contributed by atoms with Crippen molar-refractivity contribution in [2.75, 3.05) is 0 Å². The molecule has 0 unspecified atom stereocenters. The summed E-state index contributed by atoms with van der Waals surface area (Å²) < 4.78 is 28.5. The minimum absolute atomic E-state index is 0.0838. The summed E-state index contributed by atoms with van der Waals surface area (Å²) in [5.74, 6) is -1.81. The number of nitrogens with one attached hydrogen (secondary N) is 2. The van der Waals surface area contributed by atoms with Gasteiger partial charge in [-0.15, -0.1) is 11.3 Å². The highest BCUT2D eigenvalue weighted by Gasteiger charge is 2.33. The summed E-state index contributed by atoms with van der Waals surface area (Å²) in [6.07, 6.45) is 1.74. The number of aryl methyl sites for hydroxylation is 1. The molecule has 4 aromatic rings. The lowest BCUT2D eigenvalue weighted by molar-refractivity contribution is -0.139. The first-order valence-electron chi connectivity index (χ1n) is 9.74. The molecule has 0 aliphatic carbocycles. The van der Waals surface area contributed by atoms with Crippen LogP contribution in [0.4, 0.5) is 0 Å². The average molecular weight is 455 g/mol. The van der Waals surface area contributed by atoms with Crippen LogP contribution in [0.1, 0.15) is 24.0 Å². The number of hydrogen-bond donors (Lipinski definition) is 3. The van der Waals surface area contributed by atoms with Crippen molar-refractivity contribution in [3.63, 3.8) is 0 Å². The molecule has 0 aliphatic rings. The van der Waals surface area contributed by atoms with E-state index in [1.165, 1.54) is 6.07 Å². The molecule has 8 heteroatoms. The highest BCUT2D eigenvalue weighted by molar-refractivity contribution is 7.91. The Kier molecular flexibility index (Phi) is 5.70. The van der Waals surface area contributed by atoms with Gasteiger partial charge in [0.15, 0.2) is 0 Å². The molecule has 6 nitrogen and oxygen atoms in total. The molecule has 0 bridgehead atoms. The Labute approximate surface area is 184 Å². The van der Waals surface area contributed by atoms with Gasteiger partial charge in [-0.3, -0.25) is 4.79 Å². The molecule has 4 rings (SSSR count). The molecule has 0 aliphatic heterocycles. The molecule has 2 aromatic carbocycles. The molecule has 0 spiro atoms. The van der Waals surface area contributed by atoms with E-state index in [0.29, 0.717) is 0 Å². The van der Waals surface area contributed by atoms with Gasteiger partial charge in [-0.1, -0.05) is 55.0 Å².